The van der Waals surface area contributed by atoms with Crippen molar-refractivity contribution in [3.05, 3.63) is 52.0 Å². The molecule has 2 aromatic heterocycles. The molecule has 0 saturated carbocycles. The Morgan fingerprint density at radius 2 is 1.95 bits per heavy atom. The first-order valence-electron chi connectivity index (χ1n) is 5.88. The van der Waals surface area contributed by atoms with Crippen molar-refractivity contribution in [2.24, 2.45) is 0 Å². The van der Waals surface area contributed by atoms with E-state index in [2.05, 4.69) is 10.3 Å². The van der Waals surface area contributed by atoms with Crippen LogP contribution in [-0.4, -0.2) is 10.9 Å². The number of hydrogen-bond acceptors (Lipinski definition) is 5. The lowest BCUT2D eigenvalue weighted by Crippen LogP contribution is -2.12. The Balaban J connectivity index is 1.78. The summed E-state index contributed by atoms with van der Waals surface area (Å²) in [5.74, 6) is -0.224. The van der Waals surface area contributed by atoms with Gasteiger partial charge in [-0.05, 0) is 0 Å². The Bertz CT molecular complexity index is 734. The van der Waals surface area contributed by atoms with Gasteiger partial charge in [0.15, 0.2) is 5.13 Å². The highest BCUT2D eigenvalue weighted by Crippen LogP contribution is 2.26. The summed E-state index contributed by atoms with van der Waals surface area (Å²) in [6.45, 7) is 0. The topological polar surface area (TPSA) is 68.0 Å². The number of anilines is 2. The molecule has 0 aliphatic carbocycles. The van der Waals surface area contributed by atoms with Crippen LogP contribution < -0.4 is 11.1 Å². The first kappa shape index (κ1) is 12.8. The quantitative estimate of drug-likeness (QED) is 0.775. The normalized spacial score (nSPS) is 10.4. The van der Waals surface area contributed by atoms with Gasteiger partial charge in [0.25, 0.3) is 5.91 Å². The SMILES string of the molecule is Nc1cscc1C(=O)Nc1nc(-c2ccccc2)cs1. The zero-order valence-corrected chi connectivity index (χ0v) is 12.0. The second kappa shape index (κ2) is 5.44. The average molecular weight is 301 g/mol. The first-order chi connectivity index (χ1) is 9.74. The van der Waals surface area contributed by atoms with E-state index in [1.165, 1.54) is 22.7 Å². The van der Waals surface area contributed by atoms with Crippen molar-refractivity contribution < 1.29 is 4.79 Å². The second-order valence-corrected chi connectivity index (χ2v) is 5.70. The zero-order chi connectivity index (χ0) is 13.9. The maximum Gasteiger partial charge on any atom is 0.260 e. The second-order valence-electron chi connectivity index (χ2n) is 4.10. The number of nitrogens with two attached hydrogens (primary N) is 1. The van der Waals surface area contributed by atoms with Gasteiger partial charge in [-0.25, -0.2) is 4.98 Å². The maximum absolute atomic E-state index is 12.0. The summed E-state index contributed by atoms with van der Waals surface area (Å²) in [7, 11) is 0. The van der Waals surface area contributed by atoms with Gasteiger partial charge in [0.2, 0.25) is 0 Å². The van der Waals surface area contributed by atoms with Crippen molar-refractivity contribution >= 4 is 39.4 Å². The molecule has 0 atom stereocenters. The van der Waals surface area contributed by atoms with E-state index in [4.69, 9.17) is 5.73 Å². The summed E-state index contributed by atoms with van der Waals surface area (Å²) >= 11 is 2.80. The van der Waals surface area contributed by atoms with E-state index in [9.17, 15) is 4.79 Å². The molecule has 0 spiro atoms. The van der Waals surface area contributed by atoms with E-state index in [0.29, 0.717) is 16.4 Å². The van der Waals surface area contributed by atoms with Crippen LogP contribution in [0, 0.1) is 0 Å². The molecule has 0 unspecified atom stereocenters. The van der Waals surface area contributed by atoms with Gasteiger partial charge < -0.3 is 5.73 Å². The lowest BCUT2D eigenvalue weighted by atomic mass is 10.2. The molecule has 3 aromatic rings. The number of hydrogen-bond donors (Lipinski definition) is 2. The third-order valence-electron chi connectivity index (χ3n) is 2.73. The molecule has 0 saturated heterocycles. The Morgan fingerprint density at radius 1 is 1.15 bits per heavy atom. The first-order valence-corrected chi connectivity index (χ1v) is 7.70. The third kappa shape index (κ3) is 2.56. The number of thiophene rings is 1. The van der Waals surface area contributed by atoms with Crippen molar-refractivity contribution in [2.75, 3.05) is 11.1 Å². The predicted octanol–water partition coefficient (Wildman–Crippen LogP) is 3.71. The van der Waals surface area contributed by atoms with Crippen LogP contribution in [-0.2, 0) is 0 Å². The fraction of sp³-hybridized carbons (Fsp3) is 0. The number of nitrogens with zero attached hydrogens (tertiary/aromatic N) is 1. The van der Waals surface area contributed by atoms with Crippen LogP contribution >= 0.6 is 22.7 Å². The van der Waals surface area contributed by atoms with Gasteiger partial charge in [-0.1, -0.05) is 30.3 Å². The highest BCUT2D eigenvalue weighted by Gasteiger charge is 2.13. The van der Waals surface area contributed by atoms with E-state index in [0.717, 1.165) is 11.3 Å². The van der Waals surface area contributed by atoms with Crippen LogP contribution in [0.1, 0.15) is 10.4 Å². The minimum Gasteiger partial charge on any atom is -0.397 e. The molecule has 4 nitrogen and oxygen atoms in total. The number of nitrogens with one attached hydrogen (secondary N) is 1. The highest BCUT2D eigenvalue weighted by atomic mass is 32.1. The van der Waals surface area contributed by atoms with Crippen molar-refractivity contribution in [2.45, 2.75) is 0 Å². The number of nitrogen functional groups attached to an aromatic ring is 1. The predicted molar refractivity (Wildman–Crippen MR) is 84.2 cm³/mol. The van der Waals surface area contributed by atoms with Gasteiger partial charge in [-0.3, -0.25) is 10.1 Å². The van der Waals surface area contributed by atoms with Crippen molar-refractivity contribution in [3.8, 4) is 11.3 Å². The molecule has 3 N–H and O–H groups in total. The minimum absolute atomic E-state index is 0.224. The summed E-state index contributed by atoms with van der Waals surface area (Å²) in [5.41, 5.74) is 8.59. The summed E-state index contributed by atoms with van der Waals surface area (Å²) in [6, 6.07) is 9.84. The van der Waals surface area contributed by atoms with Crippen LogP contribution in [0.4, 0.5) is 10.8 Å². The van der Waals surface area contributed by atoms with Crippen LogP contribution in [0.5, 0.6) is 0 Å². The minimum atomic E-state index is -0.224. The fourth-order valence-corrected chi connectivity index (χ4v) is 3.16. The lowest BCUT2D eigenvalue weighted by molar-refractivity contribution is 0.102. The third-order valence-corrected chi connectivity index (χ3v) is 4.25. The fourth-order valence-electron chi connectivity index (χ4n) is 1.73. The van der Waals surface area contributed by atoms with Crippen molar-refractivity contribution in [1.29, 1.82) is 0 Å². The van der Waals surface area contributed by atoms with E-state index >= 15 is 0 Å². The van der Waals surface area contributed by atoms with Gasteiger partial charge in [0.1, 0.15) is 0 Å². The standard InChI is InChI=1S/C14H11N3OS2/c15-11-7-19-6-10(11)13(18)17-14-16-12(8-20-14)9-4-2-1-3-5-9/h1-8H,15H2,(H,16,17,18). The Morgan fingerprint density at radius 3 is 2.65 bits per heavy atom. The van der Waals surface area contributed by atoms with E-state index in [1.807, 2.05) is 35.7 Å². The Labute approximate surface area is 123 Å². The van der Waals surface area contributed by atoms with Gasteiger partial charge in [0.05, 0.1) is 16.9 Å². The molecule has 100 valence electrons. The van der Waals surface area contributed by atoms with Crippen molar-refractivity contribution in [3.63, 3.8) is 0 Å². The number of aromatic nitrogens is 1. The number of benzene rings is 1. The molecule has 0 radical (unpaired) electrons. The Hall–Kier alpha value is -2.18. The van der Waals surface area contributed by atoms with Gasteiger partial charge >= 0.3 is 0 Å². The van der Waals surface area contributed by atoms with E-state index < -0.39 is 0 Å². The summed E-state index contributed by atoms with van der Waals surface area (Å²) in [5, 5.41) is 8.73. The summed E-state index contributed by atoms with van der Waals surface area (Å²) < 4.78 is 0. The molecular weight excluding hydrogens is 290 g/mol. The molecule has 6 heteroatoms. The maximum atomic E-state index is 12.0. The van der Waals surface area contributed by atoms with Gasteiger partial charge in [-0.15, -0.1) is 22.7 Å². The average Bonchev–Trinajstić information content (AvgIpc) is 3.09. The number of carbonyl (C=O) groups excluding carboxylic acids is 1. The van der Waals surface area contributed by atoms with E-state index in [-0.39, 0.29) is 5.91 Å². The molecule has 2 heterocycles. The van der Waals surface area contributed by atoms with Crippen LogP contribution in [0.3, 0.4) is 0 Å². The van der Waals surface area contributed by atoms with Gasteiger partial charge in [0, 0.05) is 21.7 Å². The monoisotopic (exact) mass is 301 g/mol. The molecule has 1 amide bonds. The molecule has 0 fully saturated rings. The molecule has 0 aliphatic rings. The van der Waals surface area contributed by atoms with Gasteiger partial charge in [-0.2, -0.15) is 0 Å². The van der Waals surface area contributed by atoms with Crippen LogP contribution in [0.2, 0.25) is 0 Å². The van der Waals surface area contributed by atoms with E-state index in [1.54, 1.807) is 10.8 Å². The zero-order valence-electron chi connectivity index (χ0n) is 10.4. The number of amides is 1. The summed E-state index contributed by atoms with van der Waals surface area (Å²) in [4.78, 5) is 16.4. The lowest BCUT2D eigenvalue weighted by Gasteiger charge is -2.00. The van der Waals surface area contributed by atoms with Crippen LogP contribution in [0.15, 0.2) is 46.5 Å². The molecule has 1 aromatic carbocycles. The number of thiazole rings is 1. The molecular formula is C14H11N3OS2. The highest BCUT2D eigenvalue weighted by molar-refractivity contribution is 7.14. The smallest absolute Gasteiger partial charge is 0.260 e. The largest absolute Gasteiger partial charge is 0.397 e. The van der Waals surface area contributed by atoms with Crippen LogP contribution in [0.25, 0.3) is 11.3 Å². The molecule has 0 aliphatic heterocycles. The summed E-state index contributed by atoms with van der Waals surface area (Å²) in [6.07, 6.45) is 0. The number of rotatable bonds is 3. The van der Waals surface area contributed by atoms with Crippen molar-refractivity contribution in [1.82, 2.24) is 4.98 Å². The molecule has 3 rings (SSSR count). The molecule has 20 heavy (non-hydrogen) atoms. The molecule has 0 bridgehead atoms. The Kier molecular flexibility index (Phi) is 3.49. The number of carbonyl (C=O) groups is 1.